The van der Waals surface area contributed by atoms with Crippen LogP contribution >= 0.6 is 22.7 Å². The molecule has 0 bridgehead atoms. The molecule has 0 spiro atoms. The predicted molar refractivity (Wildman–Crippen MR) is 264 cm³/mol. The Balaban J connectivity index is 1.23. The molecule has 13 rings (SSSR count). The van der Waals surface area contributed by atoms with Crippen LogP contribution < -0.4 is 15.1 Å². The third-order valence-electron chi connectivity index (χ3n) is 16.0. The molecular formula is C55H51BN2S2. The Kier molecular flexibility index (Phi) is 6.78. The second-order valence-corrected chi connectivity index (χ2v) is 23.5. The van der Waals surface area contributed by atoms with E-state index in [9.17, 15) is 0 Å². The van der Waals surface area contributed by atoms with E-state index in [4.69, 9.17) is 0 Å². The van der Waals surface area contributed by atoms with E-state index < -0.39 is 0 Å². The molecule has 0 atom stereocenters. The maximum atomic E-state index is 2.80. The molecule has 0 unspecified atom stereocenters. The SMILES string of the molecule is Cc1cc2c(cc1N1c3cc4ccccc4c4c3B(c3sc5cc6c(cc5c31)C(C)(C)CCC6(C)C)n1c3sc5ccccc5c3c3cccc-4c31)C(C)(C)CCC2(C)C. The highest BCUT2D eigenvalue weighted by Gasteiger charge is 2.48. The Morgan fingerprint density at radius 3 is 1.90 bits per heavy atom. The first-order valence-electron chi connectivity index (χ1n) is 22.2. The summed E-state index contributed by atoms with van der Waals surface area (Å²) in [7, 11) is 0. The molecule has 60 heavy (non-hydrogen) atoms. The van der Waals surface area contributed by atoms with Gasteiger partial charge in [-0.3, -0.25) is 0 Å². The minimum absolute atomic E-state index is 0.0394. The van der Waals surface area contributed by atoms with Gasteiger partial charge >= 0.3 is 6.85 Å². The average Bonchev–Trinajstić information content (AvgIpc) is 3.89. The summed E-state index contributed by atoms with van der Waals surface area (Å²) in [6, 6.07) is 38.5. The van der Waals surface area contributed by atoms with Gasteiger partial charge in [0.05, 0.1) is 10.5 Å². The number of benzene rings is 6. The van der Waals surface area contributed by atoms with Crippen molar-refractivity contribution in [2.45, 2.75) is 110 Å². The standard InChI is InChI=1S/C55H51BN2S2/c1-30-25-37-39(54(6,7)23-21-52(37,2)3)28-41(30)57-42-26-31-15-10-11-16-32(31)45-34-18-14-19-35-46-33-17-12-13-20-43(33)60-51(46)58(48(34)35)56(47(42)45)50-49(57)36-27-38-40(29-44(36)59-50)55(8,9)24-22-53(38,4)5/h10-20,25-29H,21-24H2,1-9H3. The fourth-order valence-electron chi connectivity index (χ4n) is 12.4. The van der Waals surface area contributed by atoms with Gasteiger partial charge in [0.25, 0.3) is 0 Å². The number of anilines is 3. The molecule has 0 radical (unpaired) electrons. The molecule has 5 heterocycles. The van der Waals surface area contributed by atoms with Gasteiger partial charge in [0.2, 0.25) is 0 Å². The van der Waals surface area contributed by atoms with E-state index in [2.05, 4.69) is 180 Å². The van der Waals surface area contributed by atoms with E-state index in [1.54, 1.807) is 5.56 Å². The number of rotatable bonds is 1. The number of thiophene rings is 2. The first-order valence-corrected chi connectivity index (χ1v) is 23.9. The molecule has 0 fully saturated rings. The molecule has 0 N–H and O–H groups in total. The van der Waals surface area contributed by atoms with E-state index in [0.717, 1.165) is 0 Å². The van der Waals surface area contributed by atoms with E-state index in [1.165, 1.54) is 138 Å². The lowest BCUT2D eigenvalue weighted by atomic mass is 9.48. The molecule has 6 aromatic carbocycles. The Hall–Kier alpha value is -4.84. The summed E-state index contributed by atoms with van der Waals surface area (Å²) >= 11 is 4.05. The van der Waals surface area contributed by atoms with Crippen molar-refractivity contribution in [1.29, 1.82) is 0 Å². The summed E-state index contributed by atoms with van der Waals surface area (Å²) < 4.78 is 7.05. The largest absolute Gasteiger partial charge is 0.366 e. The van der Waals surface area contributed by atoms with Crippen molar-refractivity contribution in [2.24, 2.45) is 0 Å². The number of nitrogens with zero attached hydrogens (tertiary/aromatic N) is 2. The van der Waals surface area contributed by atoms with E-state index in [0.29, 0.717) is 0 Å². The van der Waals surface area contributed by atoms with Crippen molar-refractivity contribution < 1.29 is 0 Å². The van der Waals surface area contributed by atoms with Gasteiger partial charge in [-0.15, -0.1) is 22.7 Å². The van der Waals surface area contributed by atoms with Crippen LogP contribution in [0, 0.1) is 6.92 Å². The zero-order valence-electron chi connectivity index (χ0n) is 36.4. The van der Waals surface area contributed by atoms with Crippen LogP contribution in [-0.4, -0.2) is 11.3 Å². The number of aromatic nitrogens is 1. The average molecular weight is 815 g/mol. The fourth-order valence-corrected chi connectivity index (χ4v) is 15.0. The van der Waals surface area contributed by atoms with Gasteiger partial charge in [-0.2, -0.15) is 0 Å². The van der Waals surface area contributed by atoms with Crippen LogP contribution in [0.1, 0.15) is 109 Å². The Bertz CT molecular complexity index is 3420. The first kappa shape index (κ1) is 35.9. The van der Waals surface area contributed by atoms with Crippen LogP contribution in [0.3, 0.4) is 0 Å². The second kappa shape index (κ2) is 11.3. The Morgan fingerprint density at radius 1 is 0.550 bits per heavy atom. The summed E-state index contributed by atoms with van der Waals surface area (Å²) in [5, 5.41) is 8.22. The summed E-state index contributed by atoms with van der Waals surface area (Å²) in [6.45, 7) is 22.3. The van der Waals surface area contributed by atoms with Crippen LogP contribution in [0.5, 0.6) is 0 Å². The maximum absolute atomic E-state index is 2.80. The minimum Gasteiger partial charge on any atom is -0.366 e. The monoisotopic (exact) mass is 814 g/mol. The minimum atomic E-state index is 0.0394. The van der Waals surface area contributed by atoms with Gasteiger partial charge in [-0.25, -0.2) is 0 Å². The van der Waals surface area contributed by atoms with Crippen LogP contribution in [0.15, 0.2) is 97.1 Å². The fraction of sp³-hybridized carbons (Fsp3) is 0.309. The molecule has 0 saturated carbocycles. The summed E-state index contributed by atoms with van der Waals surface area (Å²) in [5.41, 5.74) is 17.6. The van der Waals surface area contributed by atoms with E-state index in [-0.39, 0.29) is 28.5 Å². The Morgan fingerprint density at radius 2 is 1.17 bits per heavy atom. The molecule has 4 aliphatic rings. The summed E-state index contributed by atoms with van der Waals surface area (Å²) in [4.78, 5) is 4.16. The lowest BCUT2D eigenvalue weighted by molar-refractivity contribution is 0.332. The molecule has 9 aromatic rings. The molecule has 2 nitrogen and oxygen atoms in total. The predicted octanol–water partition coefficient (Wildman–Crippen LogP) is 14.8. The zero-order chi connectivity index (χ0) is 41.0. The molecule has 5 heteroatoms. The van der Waals surface area contributed by atoms with Crippen molar-refractivity contribution in [3.63, 3.8) is 0 Å². The topological polar surface area (TPSA) is 8.17 Å². The van der Waals surface area contributed by atoms with Gasteiger partial charge < -0.3 is 9.38 Å². The molecule has 2 aliphatic heterocycles. The zero-order valence-corrected chi connectivity index (χ0v) is 38.0. The highest BCUT2D eigenvalue weighted by Crippen LogP contribution is 2.56. The Labute approximate surface area is 361 Å². The second-order valence-electron chi connectivity index (χ2n) is 21.4. The highest BCUT2D eigenvalue weighted by atomic mass is 32.1. The number of para-hydroxylation sites is 1. The van der Waals surface area contributed by atoms with Crippen molar-refractivity contribution in [3.8, 4) is 11.1 Å². The highest BCUT2D eigenvalue weighted by molar-refractivity contribution is 7.32. The normalized spacial score (nSPS) is 18.9. The molecule has 0 amide bonds. The van der Waals surface area contributed by atoms with Crippen LogP contribution in [0.25, 0.3) is 63.2 Å². The number of aryl methyl sites for hydroxylation is 1. The molecule has 296 valence electrons. The van der Waals surface area contributed by atoms with E-state index >= 15 is 0 Å². The quantitative estimate of drug-likeness (QED) is 0.150. The van der Waals surface area contributed by atoms with Gasteiger partial charge in [0.15, 0.2) is 0 Å². The van der Waals surface area contributed by atoms with Crippen molar-refractivity contribution in [2.75, 3.05) is 4.90 Å². The third kappa shape index (κ3) is 4.41. The van der Waals surface area contributed by atoms with Gasteiger partial charge in [-0.05, 0) is 134 Å². The summed E-state index contributed by atoms with van der Waals surface area (Å²) in [6.07, 6.45) is 4.81. The third-order valence-corrected chi connectivity index (χ3v) is 18.4. The molecule has 0 saturated heterocycles. The number of fused-ring (bicyclic) bond motifs is 15. The van der Waals surface area contributed by atoms with Crippen LogP contribution in [0.4, 0.5) is 17.1 Å². The lowest BCUT2D eigenvalue weighted by Crippen LogP contribution is -2.55. The van der Waals surface area contributed by atoms with Crippen molar-refractivity contribution in [3.05, 3.63) is 125 Å². The van der Waals surface area contributed by atoms with Gasteiger partial charge in [0, 0.05) is 58.2 Å². The lowest BCUT2D eigenvalue weighted by Gasteiger charge is -2.44. The van der Waals surface area contributed by atoms with Crippen molar-refractivity contribution >= 4 is 109 Å². The molecule has 3 aromatic heterocycles. The number of hydrogen-bond donors (Lipinski definition) is 0. The molecular weight excluding hydrogens is 764 g/mol. The summed E-state index contributed by atoms with van der Waals surface area (Å²) in [5.74, 6) is 0. The van der Waals surface area contributed by atoms with E-state index in [1.807, 2.05) is 11.3 Å². The smallest absolute Gasteiger partial charge is 0.344 e. The van der Waals surface area contributed by atoms with Crippen LogP contribution in [-0.2, 0) is 21.7 Å². The molecule has 2 aliphatic carbocycles. The van der Waals surface area contributed by atoms with Gasteiger partial charge in [0.1, 0.15) is 0 Å². The maximum Gasteiger partial charge on any atom is 0.344 e. The van der Waals surface area contributed by atoms with Crippen LogP contribution in [0.2, 0.25) is 0 Å². The first-order chi connectivity index (χ1) is 28.6. The van der Waals surface area contributed by atoms with Gasteiger partial charge in [-0.1, -0.05) is 122 Å². The number of hydrogen-bond acceptors (Lipinski definition) is 3. The van der Waals surface area contributed by atoms with Crippen molar-refractivity contribution in [1.82, 2.24) is 4.48 Å².